The van der Waals surface area contributed by atoms with Crippen molar-refractivity contribution < 1.29 is 19.6 Å². The van der Waals surface area contributed by atoms with Gasteiger partial charge >= 0.3 is 0 Å². The van der Waals surface area contributed by atoms with Gasteiger partial charge in [-0.2, -0.15) is 11.3 Å². The van der Waals surface area contributed by atoms with Gasteiger partial charge in [0.05, 0.1) is 18.3 Å². The van der Waals surface area contributed by atoms with Crippen molar-refractivity contribution in [2.45, 2.75) is 47.0 Å². The van der Waals surface area contributed by atoms with Crippen LogP contribution in [0.2, 0.25) is 0 Å². The van der Waals surface area contributed by atoms with Crippen LogP contribution in [0.25, 0.3) is 6.08 Å². The Morgan fingerprint density at radius 1 is 1.00 bits per heavy atom. The maximum atomic E-state index is 13.5. The Morgan fingerprint density at radius 3 is 2.29 bits per heavy atom. The summed E-state index contributed by atoms with van der Waals surface area (Å²) in [5.74, 6) is -2.50. The number of allylic oxidation sites excluding steroid dienone is 1. The number of hydrazine groups is 1. The van der Waals surface area contributed by atoms with Crippen LogP contribution in [0.15, 0.2) is 53.2 Å². The third kappa shape index (κ3) is 9.66. The minimum Gasteiger partial charge on any atom is -0.289 e. The number of thiophene rings is 1. The lowest BCUT2D eigenvalue weighted by Gasteiger charge is -2.30. The van der Waals surface area contributed by atoms with Crippen molar-refractivity contribution in [3.05, 3.63) is 64.4 Å². The smallest absolute Gasteiger partial charge is 0.247 e. The van der Waals surface area contributed by atoms with Crippen LogP contribution in [-0.2, 0) is 20.8 Å². The van der Waals surface area contributed by atoms with Crippen LogP contribution in [0.5, 0.6) is 0 Å². The van der Waals surface area contributed by atoms with E-state index in [1.54, 1.807) is 5.48 Å². The Labute approximate surface area is 212 Å². The topological polar surface area (TPSA) is 98.7 Å². The summed E-state index contributed by atoms with van der Waals surface area (Å²) in [6, 6.07) is 11.5. The van der Waals surface area contributed by atoms with Gasteiger partial charge in [0.15, 0.2) is 0 Å². The molecule has 1 aromatic carbocycles. The molecule has 2 rings (SSSR count). The Hall–Kier alpha value is -2.97. The number of rotatable bonds is 12. The van der Waals surface area contributed by atoms with Gasteiger partial charge in [-0.25, -0.2) is 5.48 Å². The normalized spacial score (nSPS) is 13.1. The second-order valence-electron chi connectivity index (χ2n) is 9.55. The van der Waals surface area contributed by atoms with E-state index in [-0.39, 0.29) is 30.6 Å². The van der Waals surface area contributed by atoms with E-state index in [0.717, 1.165) is 11.1 Å². The number of nitrogens with zero attached hydrogens (tertiary/aromatic N) is 1. The predicted molar refractivity (Wildman–Crippen MR) is 139 cm³/mol. The first kappa shape index (κ1) is 28.3. The monoisotopic (exact) mass is 499 g/mol. The van der Waals surface area contributed by atoms with Gasteiger partial charge in [0.2, 0.25) is 17.7 Å². The molecule has 35 heavy (non-hydrogen) atoms. The number of hydrogen-bond donors (Lipinski definition) is 3. The minimum absolute atomic E-state index is 0.123. The van der Waals surface area contributed by atoms with Crippen LogP contribution < -0.4 is 10.9 Å². The molecule has 0 spiro atoms. The SMILES string of the molecule is CC(C)C[C@@H](C(=O)NN(CC(C)C)C(=O)Cc1ccsc1)[C@H](C/C=C/c1ccccc1)C(=O)NO. The molecule has 8 heteroatoms. The summed E-state index contributed by atoms with van der Waals surface area (Å²) in [4.78, 5) is 39.1. The fraction of sp³-hybridized carbons (Fsp3) is 0.444. The van der Waals surface area contributed by atoms with E-state index in [2.05, 4.69) is 5.43 Å². The van der Waals surface area contributed by atoms with Gasteiger partial charge in [-0.1, -0.05) is 70.2 Å². The molecule has 0 fully saturated rings. The molecule has 2 aromatic rings. The molecular formula is C27H37N3O4S. The van der Waals surface area contributed by atoms with Crippen molar-refractivity contribution >= 4 is 35.1 Å². The molecule has 7 nitrogen and oxygen atoms in total. The number of benzene rings is 1. The van der Waals surface area contributed by atoms with Crippen LogP contribution in [0.1, 0.15) is 51.7 Å². The summed E-state index contributed by atoms with van der Waals surface area (Å²) >= 11 is 1.52. The largest absolute Gasteiger partial charge is 0.289 e. The zero-order chi connectivity index (χ0) is 25.8. The van der Waals surface area contributed by atoms with E-state index in [9.17, 15) is 19.6 Å². The third-order valence-electron chi connectivity index (χ3n) is 5.52. The Kier molecular flexibility index (Phi) is 11.7. The van der Waals surface area contributed by atoms with Crippen LogP contribution >= 0.6 is 11.3 Å². The molecule has 2 atom stereocenters. The Bertz CT molecular complexity index is 958. The molecule has 0 aliphatic rings. The summed E-state index contributed by atoms with van der Waals surface area (Å²) in [5, 5.41) is 14.6. The summed E-state index contributed by atoms with van der Waals surface area (Å²) < 4.78 is 0. The van der Waals surface area contributed by atoms with Gasteiger partial charge in [0, 0.05) is 6.54 Å². The first-order valence-electron chi connectivity index (χ1n) is 12.0. The van der Waals surface area contributed by atoms with Crippen molar-refractivity contribution in [2.24, 2.45) is 23.7 Å². The number of amides is 3. The van der Waals surface area contributed by atoms with Crippen LogP contribution in [0.3, 0.4) is 0 Å². The lowest BCUT2D eigenvalue weighted by Crippen LogP contribution is -2.52. The second-order valence-corrected chi connectivity index (χ2v) is 10.3. The highest BCUT2D eigenvalue weighted by molar-refractivity contribution is 7.08. The highest BCUT2D eigenvalue weighted by atomic mass is 32.1. The average Bonchev–Trinajstić information content (AvgIpc) is 3.33. The number of carbonyl (C=O) groups excluding carboxylic acids is 3. The van der Waals surface area contributed by atoms with Gasteiger partial charge in [0.25, 0.3) is 0 Å². The Morgan fingerprint density at radius 2 is 1.71 bits per heavy atom. The van der Waals surface area contributed by atoms with Crippen molar-refractivity contribution in [3.63, 3.8) is 0 Å². The van der Waals surface area contributed by atoms with Crippen LogP contribution in [-0.4, -0.2) is 34.5 Å². The lowest BCUT2D eigenvalue weighted by molar-refractivity contribution is -0.147. The summed E-state index contributed by atoms with van der Waals surface area (Å²) in [6.07, 6.45) is 4.60. The van der Waals surface area contributed by atoms with Gasteiger partial charge in [-0.15, -0.1) is 0 Å². The molecule has 0 saturated heterocycles. The molecular weight excluding hydrogens is 462 g/mol. The lowest BCUT2D eigenvalue weighted by atomic mass is 9.82. The maximum absolute atomic E-state index is 13.5. The summed E-state index contributed by atoms with van der Waals surface area (Å²) in [6.45, 7) is 8.25. The fourth-order valence-corrected chi connectivity index (χ4v) is 4.54. The van der Waals surface area contributed by atoms with E-state index in [1.165, 1.54) is 16.3 Å². The van der Waals surface area contributed by atoms with Gasteiger partial charge in [-0.3, -0.25) is 30.0 Å². The van der Waals surface area contributed by atoms with Gasteiger partial charge in [0.1, 0.15) is 0 Å². The summed E-state index contributed by atoms with van der Waals surface area (Å²) in [7, 11) is 0. The van der Waals surface area contributed by atoms with Gasteiger partial charge in [-0.05, 0) is 52.6 Å². The number of carbonyl (C=O) groups is 3. The van der Waals surface area contributed by atoms with E-state index >= 15 is 0 Å². The molecule has 3 amide bonds. The zero-order valence-electron chi connectivity index (χ0n) is 20.9. The van der Waals surface area contributed by atoms with Crippen LogP contribution in [0.4, 0.5) is 0 Å². The van der Waals surface area contributed by atoms with Crippen LogP contribution in [0, 0.1) is 23.7 Å². The maximum Gasteiger partial charge on any atom is 0.247 e. The van der Waals surface area contributed by atoms with E-state index in [1.807, 2.05) is 87.0 Å². The number of hydrogen-bond acceptors (Lipinski definition) is 5. The van der Waals surface area contributed by atoms with Crippen molar-refractivity contribution in [3.8, 4) is 0 Å². The third-order valence-corrected chi connectivity index (χ3v) is 6.26. The first-order valence-corrected chi connectivity index (χ1v) is 12.9. The standard InChI is InChI=1S/C27H37N3O4S/c1-19(2)15-24(23(27(33)29-34)12-8-11-21-9-6-5-7-10-21)26(32)28-30(17-20(3)4)25(31)16-22-13-14-35-18-22/h5-11,13-14,18-20,23-24,34H,12,15-17H2,1-4H3,(H,28,32)(H,29,33)/b11-8+/t23-,24+/m0/s1. The molecule has 190 valence electrons. The number of hydroxylamine groups is 1. The molecule has 0 saturated carbocycles. The molecule has 3 N–H and O–H groups in total. The quantitative estimate of drug-likeness (QED) is 0.291. The van der Waals surface area contributed by atoms with E-state index < -0.39 is 23.7 Å². The van der Waals surface area contributed by atoms with Gasteiger partial charge < -0.3 is 0 Å². The molecule has 0 aliphatic heterocycles. The van der Waals surface area contributed by atoms with Crippen molar-refractivity contribution in [2.75, 3.05) is 6.54 Å². The first-order chi connectivity index (χ1) is 16.7. The molecule has 0 unspecified atom stereocenters. The van der Waals surface area contributed by atoms with Crippen molar-refractivity contribution in [1.29, 1.82) is 0 Å². The zero-order valence-corrected chi connectivity index (χ0v) is 21.8. The predicted octanol–water partition coefficient (Wildman–Crippen LogP) is 4.69. The molecule has 1 aromatic heterocycles. The molecule has 0 aliphatic carbocycles. The van der Waals surface area contributed by atoms with E-state index in [4.69, 9.17) is 0 Å². The average molecular weight is 500 g/mol. The highest BCUT2D eigenvalue weighted by Gasteiger charge is 2.35. The fourth-order valence-electron chi connectivity index (χ4n) is 3.87. The van der Waals surface area contributed by atoms with E-state index in [0.29, 0.717) is 13.0 Å². The summed E-state index contributed by atoms with van der Waals surface area (Å²) in [5.41, 5.74) is 6.39. The molecule has 0 radical (unpaired) electrons. The minimum atomic E-state index is -0.796. The molecule has 0 bridgehead atoms. The Balaban J connectivity index is 2.23. The molecule has 1 heterocycles. The second kappa shape index (κ2) is 14.4. The highest BCUT2D eigenvalue weighted by Crippen LogP contribution is 2.26. The number of nitrogens with one attached hydrogen (secondary N) is 2. The van der Waals surface area contributed by atoms with Crippen molar-refractivity contribution in [1.82, 2.24) is 15.9 Å².